The molecule has 1 aromatic rings. The highest BCUT2D eigenvalue weighted by Crippen LogP contribution is 2.38. The Morgan fingerprint density at radius 3 is 2.44 bits per heavy atom. The fourth-order valence-electron chi connectivity index (χ4n) is 4.03. The molecule has 1 aliphatic carbocycles. The van der Waals surface area contributed by atoms with Crippen molar-refractivity contribution in [3.63, 3.8) is 0 Å². The van der Waals surface area contributed by atoms with Crippen molar-refractivity contribution in [3.05, 3.63) is 15.6 Å². The fourth-order valence-corrected chi connectivity index (χ4v) is 5.78. The Labute approximate surface area is 152 Å². The third kappa shape index (κ3) is 3.89. The van der Waals surface area contributed by atoms with E-state index in [1.807, 2.05) is 13.8 Å². The standard InChI is InChI=1S/C16H25N3O4S2/c1-9-15(24-10(2)17-9)16(20)18-13-5-11-7-19(25(4,21)22)8-12(11)6-14(13)23-3/h11-14H,5-8H2,1-4H3,(H,18,20)/t11-,12+,13-,14-/m0/s1. The van der Waals surface area contributed by atoms with Gasteiger partial charge in [-0.1, -0.05) is 0 Å². The van der Waals surface area contributed by atoms with Gasteiger partial charge in [0.1, 0.15) is 4.88 Å². The largest absolute Gasteiger partial charge is 0.379 e. The van der Waals surface area contributed by atoms with Crippen LogP contribution in [0.3, 0.4) is 0 Å². The van der Waals surface area contributed by atoms with E-state index >= 15 is 0 Å². The highest BCUT2D eigenvalue weighted by Gasteiger charge is 2.45. The summed E-state index contributed by atoms with van der Waals surface area (Å²) in [6, 6.07) is -0.111. The Balaban J connectivity index is 1.71. The van der Waals surface area contributed by atoms with E-state index in [0.29, 0.717) is 23.9 Å². The summed E-state index contributed by atoms with van der Waals surface area (Å²) in [6.45, 7) is 4.81. The molecule has 1 saturated heterocycles. The predicted molar refractivity (Wildman–Crippen MR) is 96.3 cm³/mol. The van der Waals surface area contributed by atoms with Gasteiger partial charge in [-0.15, -0.1) is 11.3 Å². The molecule has 1 aromatic heterocycles. The Bertz CT molecular complexity index is 761. The number of fused-ring (bicyclic) bond motifs is 1. The lowest BCUT2D eigenvalue weighted by Gasteiger charge is -2.37. The fraction of sp³-hybridized carbons (Fsp3) is 0.750. The van der Waals surface area contributed by atoms with Crippen molar-refractivity contribution >= 4 is 27.3 Å². The van der Waals surface area contributed by atoms with Crippen LogP contribution in [0.15, 0.2) is 0 Å². The zero-order chi connectivity index (χ0) is 18.4. The van der Waals surface area contributed by atoms with E-state index in [-0.39, 0.29) is 24.0 Å². The molecule has 1 N–H and O–H groups in total. The van der Waals surface area contributed by atoms with Crippen molar-refractivity contribution in [2.24, 2.45) is 11.8 Å². The minimum atomic E-state index is -3.17. The highest BCUT2D eigenvalue weighted by atomic mass is 32.2. The average Bonchev–Trinajstić information content (AvgIpc) is 3.08. The SMILES string of the molecule is CO[C@H]1C[C@@H]2CN(S(C)(=O)=O)C[C@@H]2C[C@@H]1NC(=O)c1sc(C)nc1C. The second-order valence-electron chi connectivity index (χ2n) is 7.07. The molecule has 2 fully saturated rings. The molecule has 2 heterocycles. The first kappa shape index (κ1) is 18.8. The Morgan fingerprint density at radius 1 is 1.28 bits per heavy atom. The number of nitrogens with one attached hydrogen (secondary N) is 1. The minimum Gasteiger partial charge on any atom is -0.379 e. The van der Waals surface area contributed by atoms with E-state index in [1.54, 1.807) is 11.4 Å². The summed E-state index contributed by atoms with van der Waals surface area (Å²) in [5.74, 6) is 0.433. The number of aromatic nitrogens is 1. The van der Waals surface area contributed by atoms with Crippen molar-refractivity contribution in [1.82, 2.24) is 14.6 Å². The number of amides is 1. The molecule has 0 bridgehead atoms. The monoisotopic (exact) mass is 387 g/mol. The van der Waals surface area contributed by atoms with E-state index in [0.717, 1.165) is 23.5 Å². The van der Waals surface area contributed by atoms with Crippen molar-refractivity contribution in [3.8, 4) is 0 Å². The zero-order valence-electron chi connectivity index (χ0n) is 15.0. The van der Waals surface area contributed by atoms with Crippen LogP contribution in [0.25, 0.3) is 0 Å². The summed E-state index contributed by atoms with van der Waals surface area (Å²) in [4.78, 5) is 17.6. The zero-order valence-corrected chi connectivity index (χ0v) is 16.6. The van der Waals surface area contributed by atoms with Gasteiger partial charge in [0.15, 0.2) is 0 Å². The molecule has 7 nitrogen and oxygen atoms in total. The Kier molecular flexibility index (Phi) is 5.21. The molecule has 25 heavy (non-hydrogen) atoms. The number of methoxy groups -OCH3 is 1. The third-order valence-corrected chi connectivity index (χ3v) is 7.59. The number of carbonyl (C=O) groups is 1. The van der Waals surface area contributed by atoms with Gasteiger partial charge in [0.05, 0.1) is 29.1 Å². The van der Waals surface area contributed by atoms with Crippen molar-refractivity contribution in [2.45, 2.75) is 38.8 Å². The van der Waals surface area contributed by atoms with Crippen molar-refractivity contribution in [2.75, 3.05) is 26.5 Å². The van der Waals surface area contributed by atoms with Crippen LogP contribution in [0.5, 0.6) is 0 Å². The first-order valence-corrected chi connectivity index (χ1v) is 11.1. The molecular formula is C16H25N3O4S2. The quantitative estimate of drug-likeness (QED) is 0.838. The summed E-state index contributed by atoms with van der Waals surface area (Å²) >= 11 is 1.39. The van der Waals surface area contributed by atoms with Crippen molar-refractivity contribution < 1.29 is 17.9 Å². The third-order valence-electron chi connectivity index (χ3n) is 5.28. The Hall–Kier alpha value is -1.03. The number of thiazole rings is 1. The number of hydrogen-bond acceptors (Lipinski definition) is 6. The smallest absolute Gasteiger partial charge is 0.263 e. The van der Waals surface area contributed by atoms with Gasteiger partial charge in [0, 0.05) is 20.2 Å². The molecule has 2 aliphatic rings. The first-order chi connectivity index (χ1) is 11.7. The summed E-state index contributed by atoms with van der Waals surface area (Å²) < 4.78 is 30.8. The molecule has 0 aromatic carbocycles. The molecule has 0 unspecified atom stereocenters. The van der Waals surface area contributed by atoms with Crippen LogP contribution >= 0.6 is 11.3 Å². The van der Waals surface area contributed by atoms with Crippen molar-refractivity contribution in [1.29, 1.82) is 0 Å². The van der Waals surface area contributed by atoms with E-state index in [1.165, 1.54) is 17.6 Å². The van der Waals surface area contributed by atoms with E-state index in [4.69, 9.17) is 4.74 Å². The van der Waals surface area contributed by atoms with Crippen LogP contribution in [0.2, 0.25) is 0 Å². The van der Waals surface area contributed by atoms with E-state index in [2.05, 4.69) is 10.3 Å². The van der Waals surface area contributed by atoms with Gasteiger partial charge >= 0.3 is 0 Å². The topological polar surface area (TPSA) is 88.6 Å². The second-order valence-corrected chi connectivity index (χ2v) is 10.3. The molecule has 140 valence electrons. The molecule has 1 amide bonds. The number of rotatable bonds is 4. The number of nitrogens with zero attached hydrogens (tertiary/aromatic N) is 2. The summed E-state index contributed by atoms with van der Waals surface area (Å²) in [5, 5.41) is 3.96. The molecule has 3 rings (SSSR count). The lowest BCUT2D eigenvalue weighted by Crippen LogP contribution is -2.50. The highest BCUT2D eigenvalue weighted by molar-refractivity contribution is 7.88. The molecular weight excluding hydrogens is 362 g/mol. The average molecular weight is 388 g/mol. The maximum Gasteiger partial charge on any atom is 0.263 e. The Morgan fingerprint density at radius 2 is 1.92 bits per heavy atom. The summed E-state index contributed by atoms with van der Waals surface area (Å²) in [5.41, 5.74) is 0.742. The van der Waals surface area contributed by atoms with Gasteiger partial charge in [0.25, 0.3) is 5.91 Å². The molecule has 4 atom stereocenters. The lowest BCUT2D eigenvalue weighted by molar-refractivity contribution is 0.0126. The van der Waals surface area contributed by atoms with E-state index in [9.17, 15) is 13.2 Å². The lowest BCUT2D eigenvalue weighted by atomic mass is 9.77. The second kappa shape index (κ2) is 6.94. The number of aryl methyl sites for hydroxylation is 2. The van der Waals surface area contributed by atoms with Gasteiger partial charge in [-0.25, -0.2) is 17.7 Å². The van der Waals surface area contributed by atoms with Crippen LogP contribution in [0, 0.1) is 25.7 Å². The van der Waals surface area contributed by atoms with Crippen LogP contribution in [0.4, 0.5) is 0 Å². The number of ether oxygens (including phenoxy) is 1. The first-order valence-electron chi connectivity index (χ1n) is 8.41. The van der Waals surface area contributed by atoms with Gasteiger partial charge in [-0.3, -0.25) is 4.79 Å². The molecule has 9 heteroatoms. The minimum absolute atomic E-state index is 0.0981. The van der Waals surface area contributed by atoms with Gasteiger partial charge in [-0.2, -0.15) is 0 Å². The predicted octanol–water partition coefficient (Wildman–Crippen LogP) is 1.17. The van der Waals surface area contributed by atoms with Gasteiger partial charge < -0.3 is 10.1 Å². The van der Waals surface area contributed by atoms with Crippen LogP contribution in [0.1, 0.15) is 33.2 Å². The maximum atomic E-state index is 12.6. The van der Waals surface area contributed by atoms with Gasteiger partial charge in [-0.05, 0) is 38.5 Å². The van der Waals surface area contributed by atoms with Crippen LogP contribution < -0.4 is 5.32 Å². The maximum absolute atomic E-state index is 12.6. The van der Waals surface area contributed by atoms with E-state index < -0.39 is 10.0 Å². The van der Waals surface area contributed by atoms with Crippen LogP contribution in [-0.2, 0) is 14.8 Å². The molecule has 1 aliphatic heterocycles. The van der Waals surface area contributed by atoms with Gasteiger partial charge in [0.2, 0.25) is 10.0 Å². The summed E-state index contributed by atoms with van der Waals surface area (Å²) in [7, 11) is -1.52. The molecule has 0 radical (unpaired) electrons. The number of carbonyl (C=O) groups excluding carboxylic acids is 1. The molecule has 1 saturated carbocycles. The summed E-state index contributed by atoms with van der Waals surface area (Å²) in [6.07, 6.45) is 2.65. The number of sulfonamides is 1. The number of hydrogen-bond donors (Lipinski definition) is 1. The molecule has 0 spiro atoms. The normalized spacial score (nSPS) is 30.2. The van der Waals surface area contributed by atoms with Crippen LogP contribution in [-0.4, -0.2) is 62.2 Å².